The van der Waals surface area contributed by atoms with Crippen LogP contribution in [-0.2, 0) is 9.53 Å². The number of benzene rings is 1. The van der Waals surface area contributed by atoms with Crippen molar-refractivity contribution in [1.29, 1.82) is 5.41 Å². The zero-order valence-corrected chi connectivity index (χ0v) is 21.0. The number of pyridine rings is 1. The van der Waals surface area contributed by atoms with E-state index in [0.717, 1.165) is 42.4 Å². The average Bonchev–Trinajstić information content (AvgIpc) is 2.84. The molecule has 0 saturated heterocycles. The van der Waals surface area contributed by atoms with Gasteiger partial charge in [-0.3, -0.25) is 9.59 Å². The van der Waals surface area contributed by atoms with Crippen molar-refractivity contribution in [3.05, 3.63) is 41.6 Å². The van der Waals surface area contributed by atoms with Crippen LogP contribution in [0.15, 0.2) is 30.3 Å². The minimum Gasteiger partial charge on any atom is -0.385 e. The molecule has 2 aromatic rings. The first-order chi connectivity index (χ1) is 16.3. The number of ether oxygens (including phenoxy) is 1. The van der Waals surface area contributed by atoms with Gasteiger partial charge in [0, 0.05) is 43.6 Å². The predicted molar refractivity (Wildman–Crippen MR) is 139 cm³/mol. The van der Waals surface area contributed by atoms with Crippen LogP contribution in [0, 0.1) is 11.3 Å². The third-order valence-corrected chi connectivity index (χ3v) is 5.76. The van der Waals surface area contributed by atoms with Crippen molar-refractivity contribution in [1.82, 2.24) is 4.98 Å². The van der Waals surface area contributed by atoms with Crippen LogP contribution < -0.4 is 10.6 Å². The zero-order valence-electron chi connectivity index (χ0n) is 21.0. The van der Waals surface area contributed by atoms with E-state index < -0.39 is 0 Å². The minimum atomic E-state index is -0.129. The maximum Gasteiger partial charge on any atom is 0.221 e. The van der Waals surface area contributed by atoms with Gasteiger partial charge in [-0.2, -0.15) is 0 Å². The molecule has 0 spiro atoms. The first-order valence-corrected chi connectivity index (χ1v) is 12.0. The number of aldehydes is 1. The normalized spacial score (nSPS) is 13.6. The Hall–Kier alpha value is -3.06. The summed E-state index contributed by atoms with van der Waals surface area (Å²) in [6, 6.07) is 9.51. The minimum absolute atomic E-state index is 0.0122. The molecule has 1 aliphatic rings. The van der Waals surface area contributed by atoms with Crippen molar-refractivity contribution in [3.8, 4) is 11.1 Å². The molecule has 1 fully saturated rings. The number of methoxy groups -OCH3 is 1. The van der Waals surface area contributed by atoms with E-state index in [1.54, 1.807) is 13.2 Å². The lowest BCUT2D eigenvalue weighted by Crippen LogP contribution is -2.25. The van der Waals surface area contributed by atoms with E-state index in [1.165, 1.54) is 26.2 Å². The van der Waals surface area contributed by atoms with Crippen LogP contribution in [0.2, 0.25) is 0 Å². The molecule has 1 saturated carbocycles. The smallest absolute Gasteiger partial charge is 0.221 e. The number of aromatic nitrogens is 1. The SMILES string of the molecule is CC(=O)Nc1ccc(-c2cc(C=O)nc(NC3CCCCC3)c2C(=N)C(C)C)cc1.CCOC. The molecule has 0 aliphatic heterocycles. The van der Waals surface area contributed by atoms with Gasteiger partial charge in [0.1, 0.15) is 11.5 Å². The molecule has 1 aromatic carbocycles. The maximum absolute atomic E-state index is 11.6. The highest BCUT2D eigenvalue weighted by Gasteiger charge is 2.23. The number of nitrogens with one attached hydrogen (secondary N) is 3. The Morgan fingerprint density at radius 3 is 2.32 bits per heavy atom. The molecule has 3 N–H and O–H groups in total. The van der Waals surface area contributed by atoms with Gasteiger partial charge in [0.05, 0.1) is 0 Å². The lowest BCUT2D eigenvalue weighted by Gasteiger charge is -2.26. The molecule has 1 heterocycles. The van der Waals surface area contributed by atoms with E-state index in [4.69, 9.17) is 5.41 Å². The van der Waals surface area contributed by atoms with Crippen LogP contribution in [0.3, 0.4) is 0 Å². The summed E-state index contributed by atoms with van der Waals surface area (Å²) in [6.45, 7) is 8.23. The molecule has 184 valence electrons. The fourth-order valence-electron chi connectivity index (χ4n) is 3.90. The van der Waals surface area contributed by atoms with Crippen LogP contribution in [0.5, 0.6) is 0 Å². The second-order valence-corrected chi connectivity index (χ2v) is 8.82. The van der Waals surface area contributed by atoms with Crippen molar-refractivity contribution >= 4 is 29.4 Å². The second-order valence-electron chi connectivity index (χ2n) is 8.82. The van der Waals surface area contributed by atoms with Gasteiger partial charge in [0.25, 0.3) is 0 Å². The highest BCUT2D eigenvalue weighted by Crippen LogP contribution is 2.33. The summed E-state index contributed by atoms with van der Waals surface area (Å²) in [7, 11) is 1.68. The number of carbonyl (C=O) groups is 2. The molecule has 7 heteroatoms. The van der Waals surface area contributed by atoms with Crippen molar-refractivity contribution in [2.75, 3.05) is 24.4 Å². The third-order valence-electron chi connectivity index (χ3n) is 5.76. The Morgan fingerprint density at radius 1 is 1.21 bits per heavy atom. The van der Waals surface area contributed by atoms with Crippen molar-refractivity contribution in [2.24, 2.45) is 5.92 Å². The summed E-state index contributed by atoms with van der Waals surface area (Å²) in [5, 5.41) is 15.1. The van der Waals surface area contributed by atoms with Crippen LogP contribution in [0.4, 0.5) is 11.5 Å². The van der Waals surface area contributed by atoms with Gasteiger partial charge in [0.15, 0.2) is 6.29 Å². The van der Waals surface area contributed by atoms with E-state index in [0.29, 0.717) is 29.0 Å². The van der Waals surface area contributed by atoms with Gasteiger partial charge in [-0.15, -0.1) is 0 Å². The van der Waals surface area contributed by atoms with E-state index in [2.05, 4.69) is 20.4 Å². The molecule has 1 aliphatic carbocycles. The quantitative estimate of drug-likeness (QED) is 0.330. The molecular formula is C27H38N4O3. The number of hydrogen-bond acceptors (Lipinski definition) is 6. The number of hydrogen-bond donors (Lipinski definition) is 3. The Morgan fingerprint density at radius 2 is 1.82 bits per heavy atom. The summed E-state index contributed by atoms with van der Waals surface area (Å²) in [6.07, 6.45) is 6.51. The van der Waals surface area contributed by atoms with Gasteiger partial charge in [-0.1, -0.05) is 45.2 Å². The number of amides is 1. The number of nitrogens with zero attached hydrogens (tertiary/aromatic N) is 1. The number of rotatable bonds is 8. The Labute approximate surface area is 203 Å². The van der Waals surface area contributed by atoms with Gasteiger partial charge in [-0.05, 0) is 55.0 Å². The summed E-state index contributed by atoms with van der Waals surface area (Å²) < 4.78 is 4.54. The molecule has 0 unspecified atom stereocenters. The Bertz CT molecular complexity index is 963. The predicted octanol–water partition coefficient (Wildman–Crippen LogP) is 5.94. The number of anilines is 2. The van der Waals surface area contributed by atoms with Gasteiger partial charge >= 0.3 is 0 Å². The summed E-state index contributed by atoms with van der Waals surface area (Å²) in [4.78, 5) is 27.5. The Kier molecular flexibility index (Phi) is 10.9. The fourth-order valence-corrected chi connectivity index (χ4v) is 3.90. The first-order valence-electron chi connectivity index (χ1n) is 12.0. The van der Waals surface area contributed by atoms with Gasteiger partial charge < -0.3 is 20.8 Å². The summed E-state index contributed by atoms with van der Waals surface area (Å²) in [5.74, 6) is 0.500. The van der Waals surface area contributed by atoms with Crippen molar-refractivity contribution < 1.29 is 14.3 Å². The molecule has 0 bridgehead atoms. The van der Waals surface area contributed by atoms with Crippen LogP contribution in [0.1, 0.15) is 75.9 Å². The maximum atomic E-state index is 11.6. The molecule has 3 rings (SSSR count). The molecule has 0 atom stereocenters. The standard InChI is InChI=1S/C24H30N4O2.C3H8O/c1-15(2)23(25)22-21(17-9-11-19(12-10-17)26-16(3)30)13-20(14-29)28-24(22)27-18-7-5-4-6-8-18;1-3-4-2/h9-15,18,25H,4-8H2,1-3H3,(H,26,30)(H,27,28);3H2,1-2H3. The largest absolute Gasteiger partial charge is 0.385 e. The van der Waals surface area contributed by atoms with Crippen molar-refractivity contribution in [3.63, 3.8) is 0 Å². The van der Waals surface area contributed by atoms with Gasteiger partial charge in [0.2, 0.25) is 5.91 Å². The lowest BCUT2D eigenvalue weighted by molar-refractivity contribution is -0.114. The van der Waals surface area contributed by atoms with Crippen LogP contribution in [0.25, 0.3) is 11.1 Å². The molecule has 1 amide bonds. The first kappa shape index (κ1) is 27.2. The van der Waals surface area contributed by atoms with E-state index >= 15 is 0 Å². The van der Waals surface area contributed by atoms with E-state index in [1.807, 2.05) is 45.0 Å². The molecule has 7 nitrogen and oxygen atoms in total. The summed E-state index contributed by atoms with van der Waals surface area (Å²) in [5.41, 5.74) is 3.96. The zero-order chi connectivity index (χ0) is 25.1. The lowest BCUT2D eigenvalue weighted by atomic mass is 9.90. The highest BCUT2D eigenvalue weighted by atomic mass is 16.5. The van der Waals surface area contributed by atoms with Crippen molar-refractivity contribution in [2.45, 2.75) is 65.8 Å². The molecule has 34 heavy (non-hydrogen) atoms. The topological polar surface area (TPSA) is 104 Å². The molecule has 0 radical (unpaired) electrons. The van der Waals surface area contributed by atoms with E-state index in [9.17, 15) is 9.59 Å². The van der Waals surface area contributed by atoms with Crippen LogP contribution >= 0.6 is 0 Å². The number of carbonyl (C=O) groups excluding carboxylic acids is 2. The molecular weight excluding hydrogens is 428 g/mol. The van der Waals surface area contributed by atoms with E-state index in [-0.39, 0.29) is 11.8 Å². The third kappa shape index (κ3) is 7.76. The fraction of sp³-hybridized carbons (Fsp3) is 0.481. The summed E-state index contributed by atoms with van der Waals surface area (Å²) >= 11 is 0. The average molecular weight is 467 g/mol. The highest BCUT2D eigenvalue weighted by molar-refractivity contribution is 6.09. The van der Waals surface area contributed by atoms with Gasteiger partial charge in [-0.25, -0.2) is 4.98 Å². The Balaban J connectivity index is 0.000000945. The van der Waals surface area contributed by atoms with Crippen LogP contribution in [-0.4, -0.2) is 42.6 Å². The second kappa shape index (κ2) is 13.6. The molecule has 1 aromatic heterocycles. The monoisotopic (exact) mass is 466 g/mol.